The highest BCUT2D eigenvalue weighted by molar-refractivity contribution is 6.11. The quantitative estimate of drug-likeness (QED) is 0.588. The van der Waals surface area contributed by atoms with E-state index in [2.05, 4.69) is 0 Å². The van der Waals surface area contributed by atoms with E-state index in [9.17, 15) is 0 Å². The fourth-order valence-corrected chi connectivity index (χ4v) is 2.74. The Hall–Kier alpha value is -0.0551. The number of hydrogen-bond acceptors (Lipinski definition) is 3. The maximum atomic E-state index is 5.84. The minimum absolute atomic E-state index is 0.113. The summed E-state index contributed by atoms with van der Waals surface area (Å²) in [7, 11) is 9.24. The average Bonchev–Trinajstić information content (AvgIpc) is 2.55. The lowest BCUT2D eigenvalue weighted by molar-refractivity contribution is -0.114. The lowest BCUT2D eigenvalue weighted by Gasteiger charge is -2.30. The van der Waals surface area contributed by atoms with Gasteiger partial charge in [0.25, 0.3) is 0 Å². The molecule has 0 aromatic heterocycles. The minimum Gasteiger partial charge on any atom is -0.382 e. The SMILES string of the molecule is [B][C@@H]1O[C@@]2(COC)CC[C@H]1C2OC. The Balaban J connectivity index is 2.17. The largest absolute Gasteiger partial charge is 0.382 e. The third-order valence-corrected chi connectivity index (χ3v) is 3.24. The second-order valence-corrected chi connectivity index (χ2v) is 3.94. The van der Waals surface area contributed by atoms with E-state index in [0.29, 0.717) is 12.5 Å². The number of fused-ring (bicyclic) bond motifs is 2. The summed E-state index contributed by atoms with van der Waals surface area (Å²) in [5.41, 5.74) is -0.270. The number of ether oxygens (including phenoxy) is 3. The van der Waals surface area contributed by atoms with Crippen molar-refractivity contribution >= 4 is 7.85 Å². The molecule has 0 spiro atoms. The van der Waals surface area contributed by atoms with Gasteiger partial charge in [-0.05, 0) is 12.8 Å². The molecule has 1 aliphatic carbocycles. The molecule has 2 rings (SSSR count). The Morgan fingerprint density at radius 2 is 2.31 bits per heavy atom. The third-order valence-electron chi connectivity index (χ3n) is 3.24. The van der Waals surface area contributed by atoms with E-state index in [1.807, 2.05) is 0 Å². The number of rotatable bonds is 3. The van der Waals surface area contributed by atoms with Crippen LogP contribution in [0.25, 0.3) is 0 Å². The van der Waals surface area contributed by atoms with E-state index >= 15 is 0 Å². The van der Waals surface area contributed by atoms with Gasteiger partial charge in [0.15, 0.2) is 0 Å². The maximum Gasteiger partial charge on any atom is 0.117 e. The van der Waals surface area contributed by atoms with Gasteiger partial charge in [-0.15, -0.1) is 0 Å². The Morgan fingerprint density at radius 1 is 1.54 bits per heavy atom. The van der Waals surface area contributed by atoms with Gasteiger partial charge in [-0.1, -0.05) is 0 Å². The van der Waals surface area contributed by atoms with Gasteiger partial charge in [-0.3, -0.25) is 0 Å². The molecule has 4 heteroatoms. The molecule has 0 aromatic carbocycles. The Morgan fingerprint density at radius 3 is 2.85 bits per heavy atom. The zero-order chi connectivity index (χ0) is 9.47. The van der Waals surface area contributed by atoms with Gasteiger partial charge in [-0.2, -0.15) is 0 Å². The van der Waals surface area contributed by atoms with Crippen molar-refractivity contribution in [3.05, 3.63) is 0 Å². The first-order valence-corrected chi connectivity index (χ1v) is 4.68. The molecule has 4 atom stereocenters. The summed E-state index contributed by atoms with van der Waals surface area (Å²) in [6.45, 7) is 0.579. The molecule has 0 N–H and O–H groups in total. The van der Waals surface area contributed by atoms with Gasteiger partial charge in [0.2, 0.25) is 0 Å². The van der Waals surface area contributed by atoms with E-state index < -0.39 is 0 Å². The normalized spacial score (nSPS) is 48.6. The van der Waals surface area contributed by atoms with Crippen molar-refractivity contribution in [3.8, 4) is 0 Å². The first-order chi connectivity index (χ1) is 6.23. The van der Waals surface area contributed by atoms with Crippen molar-refractivity contribution in [1.82, 2.24) is 0 Å². The molecule has 2 fully saturated rings. The molecule has 0 amide bonds. The van der Waals surface area contributed by atoms with Crippen LogP contribution in [-0.2, 0) is 14.2 Å². The van der Waals surface area contributed by atoms with Crippen LogP contribution >= 0.6 is 0 Å². The second-order valence-electron chi connectivity index (χ2n) is 3.94. The maximum absolute atomic E-state index is 5.84. The predicted molar refractivity (Wildman–Crippen MR) is 48.8 cm³/mol. The molecule has 72 valence electrons. The molecule has 2 radical (unpaired) electrons. The predicted octanol–water partition coefficient (Wildman–Crippen LogP) is 0.321. The van der Waals surface area contributed by atoms with Gasteiger partial charge in [0.05, 0.1) is 12.7 Å². The topological polar surface area (TPSA) is 27.7 Å². The van der Waals surface area contributed by atoms with Crippen molar-refractivity contribution in [3.63, 3.8) is 0 Å². The van der Waals surface area contributed by atoms with E-state index in [1.54, 1.807) is 14.2 Å². The van der Waals surface area contributed by atoms with Crippen molar-refractivity contribution in [1.29, 1.82) is 0 Å². The molecule has 1 aliphatic heterocycles. The van der Waals surface area contributed by atoms with Crippen molar-refractivity contribution in [2.45, 2.75) is 30.5 Å². The average molecular weight is 182 g/mol. The lowest BCUT2D eigenvalue weighted by atomic mass is 9.85. The molecule has 0 aromatic rings. The van der Waals surface area contributed by atoms with Gasteiger partial charge in [-0.25, -0.2) is 0 Å². The van der Waals surface area contributed by atoms with Gasteiger partial charge in [0, 0.05) is 26.1 Å². The molecule has 1 unspecified atom stereocenters. The summed E-state index contributed by atoms with van der Waals surface area (Å²) >= 11 is 0. The van der Waals surface area contributed by atoms with Crippen LogP contribution in [-0.4, -0.2) is 46.4 Å². The molecule has 2 bridgehead atoms. The van der Waals surface area contributed by atoms with Crippen LogP contribution in [0.5, 0.6) is 0 Å². The monoisotopic (exact) mass is 182 g/mol. The Kier molecular flexibility index (Phi) is 2.38. The summed E-state index contributed by atoms with van der Waals surface area (Å²) in [6.07, 6.45) is 2.20. The zero-order valence-electron chi connectivity index (χ0n) is 8.16. The summed E-state index contributed by atoms with van der Waals surface area (Å²) in [4.78, 5) is 0. The zero-order valence-corrected chi connectivity index (χ0v) is 8.16. The third kappa shape index (κ3) is 1.23. The van der Waals surface area contributed by atoms with Crippen LogP contribution < -0.4 is 0 Å². The molecular formula is C9H15BO3. The summed E-state index contributed by atoms with van der Waals surface area (Å²) in [5, 5.41) is 0. The van der Waals surface area contributed by atoms with Crippen LogP contribution in [0.1, 0.15) is 12.8 Å². The van der Waals surface area contributed by atoms with Crippen LogP contribution in [0.15, 0.2) is 0 Å². The Bertz CT molecular complexity index is 199. The molecule has 3 nitrogen and oxygen atoms in total. The van der Waals surface area contributed by atoms with Gasteiger partial charge >= 0.3 is 0 Å². The molecule has 1 heterocycles. The highest BCUT2D eigenvalue weighted by Crippen LogP contribution is 2.48. The standard InChI is InChI=1S/C9H15BO3/c1-11-5-9-4-3-6(7(9)12-2)8(10)13-9/h6-8H,3-5H2,1-2H3/t6-,7?,8+,9+/m0/s1. The molecule has 1 saturated heterocycles. The smallest absolute Gasteiger partial charge is 0.117 e. The van der Waals surface area contributed by atoms with Crippen LogP contribution in [0.4, 0.5) is 0 Å². The van der Waals surface area contributed by atoms with E-state index in [4.69, 9.17) is 22.1 Å². The van der Waals surface area contributed by atoms with Crippen LogP contribution in [0.3, 0.4) is 0 Å². The first-order valence-electron chi connectivity index (χ1n) is 4.68. The number of hydrogen-bond donors (Lipinski definition) is 0. The second kappa shape index (κ2) is 3.26. The molecule has 1 saturated carbocycles. The highest BCUT2D eigenvalue weighted by atomic mass is 16.6. The van der Waals surface area contributed by atoms with Crippen LogP contribution in [0.2, 0.25) is 0 Å². The van der Waals surface area contributed by atoms with Crippen LogP contribution in [0, 0.1) is 5.92 Å². The summed E-state index contributed by atoms with van der Waals surface area (Å²) in [6, 6.07) is -0.172. The lowest BCUT2D eigenvalue weighted by Crippen LogP contribution is -2.42. The fourth-order valence-electron chi connectivity index (χ4n) is 2.74. The first kappa shape index (κ1) is 9.50. The highest BCUT2D eigenvalue weighted by Gasteiger charge is 2.58. The minimum atomic E-state index is -0.270. The van der Waals surface area contributed by atoms with E-state index in [1.165, 1.54) is 0 Å². The van der Waals surface area contributed by atoms with E-state index in [-0.39, 0.29) is 17.7 Å². The summed E-state index contributed by atoms with van der Waals surface area (Å²) in [5.74, 6) is 0.347. The van der Waals surface area contributed by atoms with Crippen molar-refractivity contribution in [2.75, 3.05) is 20.8 Å². The Labute approximate surface area is 80.1 Å². The van der Waals surface area contributed by atoms with E-state index in [0.717, 1.165) is 12.8 Å². The summed E-state index contributed by atoms with van der Waals surface area (Å²) < 4.78 is 16.3. The molecule has 13 heavy (non-hydrogen) atoms. The molecular weight excluding hydrogens is 167 g/mol. The van der Waals surface area contributed by atoms with Crippen molar-refractivity contribution in [2.24, 2.45) is 5.92 Å². The fraction of sp³-hybridized carbons (Fsp3) is 1.00. The van der Waals surface area contributed by atoms with Gasteiger partial charge in [0.1, 0.15) is 13.4 Å². The number of methoxy groups -OCH3 is 2. The van der Waals surface area contributed by atoms with Crippen molar-refractivity contribution < 1.29 is 14.2 Å². The van der Waals surface area contributed by atoms with Gasteiger partial charge < -0.3 is 14.2 Å². The molecule has 2 aliphatic rings.